The van der Waals surface area contributed by atoms with E-state index in [-0.39, 0.29) is 23.6 Å². The van der Waals surface area contributed by atoms with Crippen LogP contribution in [-0.4, -0.2) is 48.2 Å². The highest BCUT2D eigenvalue weighted by atomic mass is 32.2. The van der Waals surface area contributed by atoms with Gasteiger partial charge in [0.2, 0.25) is 10.0 Å². The van der Waals surface area contributed by atoms with Gasteiger partial charge in [0.1, 0.15) is 4.90 Å². The Balaban J connectivity index is 2.34. The van der Waals surface area contributed by atoms with Gasteiger partial charge in [-0.3, -0.25) is 0 Å². The summed E-state index contributed by atoms with van der Waals surface area (Å²) in [7, 11) is -3.52. The maximum Gasteiger partial charge on any atom is 0.244 e. The van der Waals surface area contributed by atoms with Crippen LogP contribution in [0.25, 0.3) is 0 Å². The molecule has 0 amide bonds. The number of ether oxygens (including phenoxy) is 1. The summed E-state index contributed by atoms with van der Waals surface area (Å²) in [5.74, 6) is 0. The quantitative estimate of drug-likeness (QED) is 0.899. The van der Waals surface area contributed by atoms with E-state index in [4.69, 9.17) is 4.74 Å². The van der Waals surface area contributed by atoms with Crippen LogP contribution >= 0.6 is 0 Å². The molecule has 1 saturated heterocycles. The Kier molecular flexibility index (Phi) is 4.53. The molecular formula is C13H22N2O4S. The van der Waals surface area contributed by atoms with Gasteiger partial charge in [-0.2, -0.15) is 4.31 Å². The van der Waals surface area contributed by atoms with Crippen molar-refractivity contribution in [3.63, 3.8) is 0 Å². The smallest absolute Gasteiger partial charge is 0.244 e. The van der Waals surface area contributed by atoms with Crippen molar-refractivity contribution in [3.05, 3.63) is 18.0 Å². The third-order valence-corrected chi connectivity index (χ3v) is 5.30. The number of aliphatic hydroxyl groups is 1. The lowest BCUT2D eigenvalue weighted by Crippen LogP contribution is -2.44. The molecule has 0 aromatic carbocycles. The summed E-state index contributed by atoms with van der Waals surface area (Å²) < 4.78 is 33.8. The van der Waals surface area contributed by atoms with Gasteiger partial charge in [-0.25, -0.2) is 8.42 Å². The van der Waals surface area contributed by atoms with Crippen molar-refractivity contribution < 1.29 is 18.3 Å². The molecule has 7 heteroatoms. The topological polar surface area (TPSA) is 71.8 Å². The zero-order valence-electron chi connectivity index (χ0n) is 12.1. The zero-order valence-corrected chi connectivity index (χ0v) is 12.9. The number of hydrogen-bond donors (Lipinski definition) is 1. The maximum atomic E-state index is 12.6. The first-order valence-electron chi connectivity index (χ1n) is 6.79. The van der Waals surface area contributed by atoms with Crippen LogP contribution in [0.4, 0.5) is 0 Å². The molecule has 114 valence electrons. The van der Waals surface area contributed by atoms with Crippen molar-refractivity contribution >= 4 is 10.0 Å². The van der Waals surface area contributed by atoms with Crippen LogP contribution in [0.2, 0.25) is 0 Å². The van der Waals surface area contributed by atoms with E-state index in [1.165, 1.54) is 4.31 Å². The molecule has 0 aliphatic carbocycles. The number of aliphatic hydroxyl groups excluding tert-OH is 1. The largest absolute Gasteiger partial charge is 0.390 e. The van der Waals surface area contributed by atoms with Crippen LogP contribution in [0.15, 0.2) is 17.2 Å². The highest BCUT2D eigenvalue weighted by Crippen LogP contribution is 2.23. The summed E-state index contributed by atoms with van der Waals surface area (Å²) in [4.78, 5) is 0.240. The van der Waals surface area contributed by atoms with Crippen LogP contribution in [0.3, 0.4) is 0 Å². The minimum absolute atomic E-state index is 0.0944. The second-order valence-corrected chi connectivity index (χ2v) is 7.31. The van der Waals surface area contributed by atoms with E-state index in [1.54, 1.807) is 16.8 Å². The van der Waals surface area contributed by atoms with Gasteiger partial charge in [0.15, 0.2) is 0 Å². The van der Waals surface area contributed by atoms with Crippen LogP contribution in [0.1, 0.15) is 32.5 Å². The predicted molar refractivity (Wildman–Crippen MR) is 74.9 cm³/mol. The van der Waals surface area contributed by atoms with E-state index < -0.39 is 10.0 Å². The molecular weight excluding hydrogens is 280 g/mol. The summed E-state index contributed by atoms with van der Waals surface area (Å²) in [5, 5.41) is 9.35. The summed E-state index contributed by atoms with van der Waals surface area (Å²) in [6.45, 7) is 6.74. The molecule has 1 aliphatic heterocycles. The third kappa shape index (κ3) is 2.90. The molecule has 2 heterocycles. The number of aromatic nitrogens is 1. The molecule has 1 fully saturated rings. The lowest BCUT2D eigenvalue weighted by molar-refractivity contribution is 0.0102. The highest BCUT2D eigenvalue weighted by molar-refractivity contribution is 7.89. The number of hydrogen-bond acceptors (Lipinski definition) is 4. The van der Waals surface area contributed by atoms with Crippen molar-refractivity contribution in [1.29, 1.82) is 0 Å². The van der Waals surface area contributed by atoms with Crippen LogP contribution in [0.5, 0.6) is 0 Å². The molecule has 1 aliphatic rings. The van der Waals surface area contributed by atoms with E-state index in [0.717, 1.165) is 0 Å². The van der Waals surface area contributed by atoms with Crippen LogP contribution in [-0.2, 0) is 21.4 Å². The van der Waals surface area contributed by atoms with E-state index in [1.807, 2.05) is 20.8 Å². The molecule has 6 nitrogen and oxygen atoms in total. The SMILES string of the molecule is CC1CN(S(=O)(=O)c2cc(CO)n(C(C)C)c2)CCO1. The number of rotatable bonds is 4. The second-order valence-electron chi connectivity index (χ2n) is 5.37. The lowest BCUT2D eigenvalue weighted by Gasteiger charge is -2.29. The number of sulfonamides is 1. The summed E-state index contributed by atoms with van der Waals surface area (Å²) in [6.07, 6.45) is 1.51. The number of morpholine rings is 1. The average Bonchev–Trinajstić information content (AvgIpc) is 2.83. The Labute approximate surface area is 120 Å². The van der Waals surface area contributed by atoms with Crippen molar-refractivity contribution in [2.24, 2.45) is 0 Å². The first kappa shape index (κ1) is 15.5. The van der Waals surface area contributed by atoms with Gasteiger partial charge in [-0.1, -0.05) is 0 Å². The van der Waals surface area contributed by atoms with Gasteiger partial charge < -0.3 is 14.4 Å². The molecule has 0 saturated carbocycles. The molecule has 20 heavy (non-hydrogen) atoms. The minimum Gasteiger partial charge on any atom is -0.390 e. The Morgan fingerprint density at radius 2 is 2.20 bits per heavy atom. The minimum atomic E-state index is -3.52. The van der Waals surface area contributed by atoms with Gasteiger partial charge in [-0.05, 0) is 26.8 Å². The van der Waals surface area contributed by atoms with E-state index in [0.29, 0.717) is 25.4 Å². The third-order valence-electron chi connectivity index (χ3n) is 3.47. The highest BCUT2D eigenvalue weighted by Gasteiger charge is 2.30. The van der Waals surface area contributed by atoms with E-state index in [2.05, 4.69) is 0 Å². The fourth-order valence-corrected chi connectivity index (χ4v) is 3.95. The second kappa shape index (κ2) is 5.85. The van der Waals surface area contributed by atoms with Gasteiger partial charge in [0.05, 0.1) is 19.3 Å². The standard InChI is InChI=1S/C13H22N2O4S/c1-10(2)15-8-13(6-12(15)9-16)20(17,18)14-4-5-19-11(3)7-14/h6,8,10-11,16H,4-5,7,9H2,1-3H3. The van der Waals surface area contributed by atoms with E-state index >= 15 is 0 Å². The molecule has 1 aromatic heterocycles. The fourth-order valence-electron chi connectivity index (χ4n) is 2.40. The predicted octanol–water partition coefficient (Wildman–Crippen LogP) is 0.971. The maximum absolute atomic E-state index is 12.6. The zero-order chi connectivity index (χ0) is 14.9. The summed E-state index contributed by atoms with van der Waals surface area (Å²) in [5.41, 5.74) is 0.611. The lowest BCUT2D eigenvalue weighted by atomic mass is 10.3. The molecule has 0 spiro atoms. The van der Waals surface area contributed by atoms with Gasteiger partial charge in [-0.15, -0.1) is 0 Å². The van der Waals surface area contributed by atoms with Crippen molar-refractivity contribution in [3.8, 4) is 0 Å². The first-order chi connectivity index (χ1) is 9.36. The molecule has 0 bridgehead atoms. The summed E-state index contributed by atoms with van der Waals surface area (Å²) in [6, 6.07) is 1.65. The molecule has 1 atom stereocenters. The average molecular weight is 302 g/mol. The monoisotopic (exact) mass is 302 g/mol. The first-order valence-corrected chi connectivity index (χ1v) is 8.23. The number of nitrogens with zero attached hydrogens (tertiary/aromatic N) is 2. The Morgan fingerprint density at radius 1 is 1.50 bits per heavy atom. The van der Waals surface area contributed by atoms with Crippen molar-refractivity contribution in [1.82, 2.24) is 8.87 Å². The fraction of sp³-hybridized carbons (Fsp3) is 0.692. The Morgan fingerprint density at radius 3 is 2.70 bits per heavy atom. The molecule has 1 aromatic rings. The molecule has 2 rings (SSSR count). The van der Waals surface area contributed by atoms with Crippen LogP contribution in [0, 0.1) is 0 Å². The molecule has 0 radical (unpaired) electrons. The summed E-state index contributed by atoms with van der Waals surface area (Å²) >= 11 is 0. The molecule has 1 unspecified atom stereocenters. The van der Waals surface area contributed by atoms with Crippen molar-refractivity contribution in [2.45, 2.75) is 44.4 Å². The van der Waals surface area contributed by atoms with Crippen molar-refractivity contribution in [2.75, 3.05) is 19.7 Å². The van der Waals surface area contributed by atoms with Crippen LogP contribution < -0.4 is 0 Å². The van der Waals surface area contributed by atoms with Gasteiger partial charge in [0, 0.05) is 31.0 Å². The Bertz CT molecular complexity index is 565. The van der Waals surface area contributed by atoms with Gasteiger partial charge >= 0.3 is 0 Å². The molecule has 1 N–H and O–H groups in total. The Hall–Kier alpha value is -0.890. The van der Waals surface area contributed by atoms with Gasteiger partial charge in [0.25, 0.3) is 0 Å². The van der Waals surface area contributed by atoms with E-state index in [9.17, 15) is 13.5 Å². The normalized spacial score (nSPS) is 21.6.